The Morgan fingerprint density at radius 3 is 1.77 bits per heavy atom. The Hall–Kier alpha value is -2.77. The van der Waals surface area contributed by atoms with Crippen molar-refractivity contribution in [1.29, 1.82) is 0 Å². The molecule has 0 spiro atoms. The molecule has 0 nitrogen and oxygen atoms in total. The monoisotopic (exact) mass is 689 g/mol. The van der Waals surface area contributed by atoms with Crippen LogP contribution in [0.4, 0.5) is 0 Å². The Balaban J connectivity index is 1.63. The fraction of sp³-hybridized carbons (Fsp3) is 0.282. The van der Waals surface area contributed by atoms with Gasteiger partial charge in [-0.3, -0.25) is 0 Å². The van der Waals surface area contributed by atoms with Gasteiger partial charge in [0.2, 0.25) is 0 Å². The fourth-order valence-corrected chi connectivity index (χ4v) is 21.4. The van der Waals surface area contributed by atoms with E-state index in [1.165, 1.54) is 33.4 Å². The van der Waals surface area contributed by atoms with Crippen molar-refractivity contribution in [3.8, 4) is 11.1 Å². The third-order valence-electron chi connectivity index (χ3n) is 8.72. The summed E-state index contributed by atoms with van der Waals surface area (Å²) in [4.78, 5) is 0. The molecule has 0 amide bonds. The molecule has 0 unspecified atom stereocenters. The summed E-state index contributed by atoms with van der Waals surface area (Å²) in [6.07, 6.45) is 10.7. The second kappa shape index (κ2) is 10.6. The number of hydrogen-bond donors (Lipinski definition) is 0. The summed E-state index contributed by atoms with van der Waals surface area (Å²) in [7, 11) is 0. The molecule has 201 valence electrons. The van der Waals surface area contributed by atoms with E-state index in [9.17, 15) is 0 Å². The fourth-order valence-electron chi connectivity index (χ4n) is 6.68. The van der Waals surface area contributed by atoms with Crippen molar-refractivity contribution in [3.63, 3.8) is 0 Å². The van der Waals surface area contributed by atoms with Crippen molar-refractivity contribution in [3.05, 3.63) is 149 Å². The van der Waals surface area contributed by atoms with Crippen LogP contribution in [0.5, 0.6) is 0 Å². The molecule has 1 heteroatoms. The zero-order chi connectivity index (χ0) is 28.1. The molecule has 40 heavy (non-hydrogen) atoms. The maximum absolute atomic E-state index is 2.83. The Kier molecular flexibility index (Phi) is 7.24. The van der Waals surface area contributed by atoms with E-state index in [2.05, 4.69) is 157 Å². The Labute approximate surface area is 249 Å². The van der Waals surface area contributed by atoms with Crippen molar-refractivity contribution in [2.75, 3.05) is 0 Å². The normalized spacial score (nSPS) is 14.6. The van der Waals surface area contributed by atoms with Crippen LogP contribution >= 0.6 is 0 Å². The first kappa shape index (κ1) is 27.4. The van der Waals surface area contributed by atoms with Gasteiger partial charge in [-0.2, -0.15) is 0 Å². The quantitative estimate of drug-likeness (QED) is 0.161. The number of rotatable bonds is 5. The molecule has 0 saturated carbocycles. The zero-order valence-electron chi connectivity index (χ0n) is 24.8. The van der Waals surface area contributed by atoms with E-state index in [1.54, 1.807) is 14.4 Å². The molecule has 2 aliphatic carbocycles. The van der Waals surface area contributed by atoms with Gasteiger partial charge in [-0.15, -0.1) is 0 Å². The van der Waals surface area contributed by atoms with E-state index in [-0.39, 0.29) is 10.8 Å². The van der Waals surface area contributed by atoms with Crippen LogP contribution in [0, 0.1) is 0 Å². The standard InChI is InChI=1S/C21H25.C13H11.C5H5.Hf/c1-20(2,3)16-7-9-18-14(12-16)11-15-13-17(21(4,5)6)8-10-19(15)18;1-3-7-12(8-4-1)11-13-9-5-2-6-10-13;1-2-4-5-3-1;/h7-10,12H,11H2,1-6H3;1-11H;1-5H;. The molecule has 6 rings (SSSR count). The molecule has 0 aliphatic heterocycles. The molecule has 4 aromatic rings. The van der Waals surface area contributed by atoms with Crippen molar-refractivity contribution < 1.29 is 21.4 Å². The predicted molar refractivity (Wildman–Crippen MR) is 168 cm³/mol. The summed E-state index contributed by atoms with van der Waals surface area (Å²) in [5.41, 5.74) is 12.3. The van der Waals surface area contributed by atoms with Crippen LogP contribution in [0.3, 0.4) is 0 Å². The summed E-state index contributed by atoms with van der Waals surface area (Å²) in [6.45, 7) is 14.2. The van der Waals surface area contributed by atoms with E-state index in [0.717, 1.165) is 6.42 Å². The summed E-state index contributed by atoms with van der Waals surface area (Å²) >= 11 is -2.83. The van der Waals surface area contributed by atoms with Crippen molar-refractivity contribution in [2.24, 2.45) is 0 Å². The first-order chi connectivity index (χ1) is 19.1. The zero-order valence-corrected chi connectivity index (χ0v) is 28.4. The van der Waals surface area contributed by atoms with Gasteiger partial charge in [0.15, 0.2) is 0 Å². The van der Waals surface area contributed by atoms with Crippen LogP contribution in [-0.4, -0.2) is 0 Å². The average Bonchev–Trinajstić information content (AvgIpc) is 3.59. The maximum atomic E-state index is 2.52. The molecule has 0 fully saturated rings. The molecular formula is C39H41Hf. The van der Waals surface area contributed by atoms with Gasteiger partial charge in [-0.1, -0.05) is 0 Å². The molecule has 2 aliphatic rings. The summed E-state index contributed by atoms with van der Waals surface area (Å²) in [5, 5.41) is 0. The molecule has 0 atom stereocenters. The minimum atomic E-state index is -2.83. The van der Waals surface area contributed by atoms with Crippen molar-refractivity contribution in [1.82, 2.24) is 0 Å². The number of allylic oxidation sites excluding steroid dienone is 4. The molecule has 0 N–H and O–H groups in total. The molecule has 4 aromatic carbocycles. The molecule has 0 saturated heterocycles. The molecule has 0 bridgehead atoms. The number of hydrogen-bond acceptors (Lipinski definition) is 0. The van der Waals surface area contributed by atoms with E-state index in [0.29, 0.717) is 7.35 Å². The van der Waals surface area contributed by atoms with E-state index >= 15 is 0 Å². The Bertz CT molecular complexity index is 1520. The van der Waals surface area contributed by atoms with Crippen LogP contribution in [0.15, 0.2) is 115 Å². The Morgan fingerprint density at radius 2 is 1.23 bits per heavy atom. The van der Waals surface area contributed by atoms with Gasteiger partial charge < -0.3 is 0 Å². The van der Waals surface area contributed by atoms with Gasteiger partial charge in [0.1, 0.15) is 0 Å². The van der Waals surface area contributed by atoms with Gasteiger partial charge in [0, 0.05) is 0 Å². The van der Waals surface area contributed by atoms with Crippen molar-refractivity contribution >= 4 is 3.32 Å². The summed E-state index contributed by atoms with van der Waals surface area (Å²) in [6, 6.07) is 35.0. The van der Waals surface area contributed by atoms with Crippen LogP contribution in [0.1, 0.15) is 78.6 Å². The number of fused-ring (bicyclic) bond motifs is 3. The van der Waals surface area contributed by atoms with Gasteiger partial charge in [0.05, 0.1) is 0 Å². The molecular weight excluding hydrogens is 647 g/mol. The second-order valence-electron chi connectivity index (χ2n) is 13.6. The minimum absolute atomic E-state index is 0.0790. The van der Waals surface area contributed by atoms with Gasteiger partial charge in [-0.05, 0) is 0 Å². The third kappa shape index (κ3) is 5.07. The van der Waals surface area contributed by atoms with Crippen molar-refractivity contribution in [2.45, 2.75) is 66.1 Å². The van der Waals surface area contributed by atoms with Gasteiger partial charge >= 0.3 is 251 Å². The van der Waals surface area contributed by atoms with Crippen LogP contribution in [0.25, 0.3) is 11.1 Å². The van der Waals surface area contributed by atoms with E-state index in [1.807, 2.05) is 0 Å². The topological polar surface area (TPSA) is 0 Å². The first-order valence-electron chi connectivity index (χ1n) is 14.7. The average molecular weight is 688 g/mol. The van der Waals surface area contributed by atoms with Gasteiger partial charge in [0.25, 0.3) is 0 Å². The Morgan fingerprint density at radius 1 is 0.650 bits per heavy atom. The van der Waals surface area contributed by atoms with Crippen LogP contribution < -0.4 is 3.32 Å². The molecule has 0 aromatic heterocycles. The number of benzene rings is 4. The summed E-state index contributed by atoms with van der Waals surface area (Å²) < 4.78 is 2.76. The van der Waals surface area contributed by atoms with Crippen LogP contribution in [0.2, 0.25) is 3.67 Å². The van der Waals surface area contributed by atoms with E-state index < -0.39 is 21.4 Å². The van der Waals surface area contributed by atoms with Gasteiger partial charge in [-0.25, -0.2) is 0 Å². The molecule has 0 radical (unpaired) electrons. The van der Waals surface area contributed by atoms with E-state index in [4.69, 9.17) is 0 Å². The predicted octanol–water partition coefficient (Wildman–Crippen LogP) is 9.80. The third-order valence-corrected chi connectivity index (χ3v) is 21.4. The summed E-state index contributed by atoms with van der Waals surface area (Å²) in [5.74, 6) is 0. The second-order valence-corrected chi connectivity index (χ2v) is 23.1. The van der Waals surface area contributed by atoms with Crippen LogP contribution in [-0.2, 0) is 38.7 Å². The molecule has 0 heterocycles. The SMILES string of the molecule is CC(C)(C)c1ccc2c(c1)Cc1c-2ccc(C(C)(C)C)[c]1[Hf]([CH]1C=CC=C1)[CH](c1ccccc1)c1ccccc1. The first-order valence-corrected chi connectivity index (χ1v) is 20.7.